The number of halogens is 2. The van der Waals surface area contributed by atoms with Crippen LogP contribution in [0.15, 0.2) is 46.0 Å². The number of nitrogens with zero attached hydrogens (tertiary/aromatic N) is 1. The van der Waals surface area contributed by atoms with Gasteiger partial charge in [0.15, 0.2) is 11.5 Å². The van der Waals surface area contributed by atoms with E-state index in [2.05, 4.69) is 26.5 Å². The van der Waals surface area contributed by atoms with Crippen molar-refractivity contribution >= 4 is 28.1 Å². The molecule has 0 radical (unpaired) electrons. The highest BCUT2D eigenvalue weighted by Gasteiger charge is 2.15. The van der Waals surface area contributed by atoms with E-state index in [0.29, 0.717) is 33.7 Å². The van der Waals surface area contributed by atoms with E-state index in [1.807, 2.05) is 6.92 Å². The van der Waals surface area contributed by atoms with Crippen LogP contribution < -0.4 is 14.9 Å². The van der Waals surface area contributed by atoms with Crippen molar-refractivity contribution in [3.8, 4) is 11.5 Å². The molecule has 0 atom stereocenters. The fourth-order valence-corrected chi connectivity index (χ4v) is 2.51. The number of benzene rings is 2. The molecule has 5 nitrogen and oxygen atoms in total. The number of carbonyl (C=O) groups excluding carboxylic acids is 1. The molecule has 0 aliphatic heterocycles. The first-order chi connectivity index (χ1) is 11.5. The monoisotopic (exact) mass is 394 g/mol. The molecule has 24 heavy (non-hydrogen) atoms. The number of rotatable bonds is 6. The van der Waals surface area contributed by atoms with E-state index < -0.39 is 5.91 Å². The third kappa shape index (κ3) is 4.55. The molecule has 0 fully saturated rings. The van der Waals surface area contributed by atoms with Gasteiger partial charge in [-0.25, -0.2) is 9.82 Å². The smallest absolute Gasteiger partial charge is 0.271 e. The molecule has 0 spiro atoms. The number of hydrazone groups is 1. The highest BCUT2D eigenvalue weighted by molar-refractivity contribution is 9.10. The number of methoxy groups -OCH3 is 1. The summed E-state index contributed by atoms with van der Waals surface area (Å²) in [7, 11) is 1.49. The second-order valence-corrected chi connectivity index (χ2v) is 5.53. The van der Waals surface area contributed by atoms with Crippen molar-refractivity contribution in [3.05, 3.63) is 57.8 Å². The maximum absolute atomic E-state index is 13.1. The zero-order valence-electron chi connectivity index (χ0n) is 13.2. The Hall–Kier alpha value is -2.41. The Bertz CT molecular complexity index is 765. The van der Waals surface area contributed by atoms with E-state index in [1.54, 1.807) is 24.3 Å². The fraction of sp³-hybridized carbons (Fsp3) is 0.176. The minimum atomic E-state index is -0.426. The molecule has 2 aromatic carbocycles. The lowest BCUT2D eigenvalue weighted by atomic mass is 10.2. The van der Waals surface area contributed by atoms with Crippen LogP contribution in [-0.4, -0.2) is 25.8 Å². The van der Waals surface area contributed by atoms with Gasteiger partial charge in [0.2, 0.25) is 0 Å². The van der Waals surface area contributed by atoms with Gasteiger partial charge in [-0.2, -0.15) is 5.10 Å². The summed E-state index contributed by atoms with van der Waals surface area (Å²) in [6, 6.07) is 9.05. The van der Waals surface area contributed by atoms with Crippen LogP contribution >= 0.6 is 15.9 Å². The fourth-order valence-electron chi connectivity index (χ4n) is 1.95. The summed E-state index contributed by atoms with van der Waals surface area (Å²) in [6.07, 6.45) is 1.36. The maximum Gasteiger partial charge on any atom is 0.271 e. The van der Waals surface area contributed by atoms with E-state index in [4.69, 9.17) is 9.47 Å². The summed E-state index contributed by atoms with van der Waals surface area (Å²) in [6.45, 7) is 2.33. The first kappa shape index (κ1) is 17.9. The molecule has 126 valence electrons. The molecule has 0 aliphatic rings. The van der Waals surface area contributed by atoms with Gasteiger partial charge in [0.1, 0.15) is 5.82 Å². The molecule has 1 N–H and O–H groups in total. The van der Waals surface area contributed by atoms with Crippen molar-refractivity contribution in [1.82, 2.24) is 5.43 Å². The highest BCUT2D eigenvalue weighted by Crippen LogP contribution is 2.36. The molecular formula is C17H16BrFN2O3. The number of nitrogens with one attached hydrogen (secondary N) is 1. The van der Waals surface area contributed by atoms with E-state index in [9.17, 15) is 9.18 Å². The third-order valence-electron chi connectivity index (χ3n) is 3.01. The predicted octanol–water partition coefficient (Wildman–Crippen LogP) is 3.76. The first-order valence-electron chi connectivity index (χ1n) is 7.14. The lowest BCUT2D eigenvalue weighted by Crippen LogP contribution is -2.18. The number of carbonyl (C=O) groups is 1. The Kier molecular flexibility index (Phi) is 6.31. The van der Waals surface area contributed by atoms with Crippen molar-refractivity contribution < 1.29 is 18.7 Å². The molecule has 0 bridgehead atoms. The SMILES string of the molecule is CCOc1c(Br)cc(C(=O)N/N=C\c2cccc(F)c2)cc1OC. The van der Waals surface area contributed by atoms with E-state index >= 15 is 0 Å². The Morgan fingerprint density at radius 2 is 2.17 bits per heavy atom. The maximum atomic E-state index is 13.1. The molecule has 0 aromatic heterocycles. The highest BCUT2D eigenvalue weighted by atomic mass is 79.9. The van der Waals surface area contributed by atoms with Crippen molar-refractivity contribution in [2.24, 2.45) is 5.10 Å². The summed E-state index contributed by atoms with van der Waals surface area (Å²) >= 11 is 3.36. The second-order valence-electron chi connectivity index (χ2n) is 4.68. The number of amides is 1. The molecule has 2 rings (SSSR count). The molecule has 1 amide bonds. The quantitative estimate of drug-likeness (QED) is 0.599. The van der Waals surface area contributed by atoms with Crippen LogP contribution in [0.5, 0.6) is 11.5 Å². The molecule has 7 heteroatoms. The van der Waals surface area contributed by atoms with Crippen LogP contribution in [0.4, 0.5) is 4.39 Å². The van der Waals surface area contributed by atoms with Crippen LogP contribution in [0.1, 0.15) is 22.8 Å². The number of ether oxygens (including phenoxy) is 2. The molecule has 2 aromatic rings. The van der Waals surface area contributed by atoms with Gasteiger partial charge in [0.05, 0.1) is 24.4 Å². The van der Waals surface area contributed by atoms with Crippen LogP contribution in [0, 0.1) is 5.82 Å². The standard InChI is InChI=1S/C17H16BrFN2O3/c1-3-24-16-14(18)8-12(9-15(16)23-2)17(22)21-20-10-11-5-4-6-13(19)7-11/h4-10H,3H2,1-2H3,(H,21,22)/b20-10-. The normalized spacial score (nSPS) is 10.7. The van der Waals surface area contributed by atoms with Gasteiger partial charge < -0.3 is 9.47 Å². The van der Waals surface area contributed by atoms with Crippen LogP contribution in [-0.2, 0) is 0 Å². The summed E-state index contributed by atoms with van der Waals surface area (Å²) in [5, 5.41) is 3.82. The Balaban J connectivity index is 2.13. The van der Waals surface area contributed by atoms with Crippen LogP contribution in [0.3, 0.4) is 0 Å². The van der Waals surface area contributed by atoms with Gasteiger partial charge in [-0.05, 0) is 52.7 Å². The Labute approximate surface area is 147 Å². The van der Waals surface area contributed by atoms with Crippen molar-refractivity contribution in [1.29, 1.82) is 0 Å². The van der Waals surface area contributed by atoms with Gasteiger partial charge >= 0.3 is 0 Å². The number of hydrogen-bond acceptors (Lipinski definition) is 4. The van der Waals surface area contributed by atoms with Gasteiger partial charge in [0, 0.05) is 5.56 Å². The Morgan fingerprint density at radius 1 is 1.38 bits per heavy atom. The first-order valence-corrected chi connectivity index (χ1v) is 7.93. The predicted molar refractivity (Wildman–Crippen MR) is 93.3 cm³/mol. The average molecular weight is 395 g/mol. The van der Waals surface area contributed by atoms with Crippen LogP contribution in [0.25, 0.3) is 0 Å². The van der Waals surface area contributed by atoms with Gasteiger partial charge in [-0.1, -0.05) is 12.1 Å². The van der Waals surface area contributed by atoms with E-state index in [1.165, 1.54) is 25.5 Å². The summed E-state index contributed by atoms with van der Waals surface area (Å²) < 4.78 is 24.4. The lowest BCUT2D eigenvalue weighted by Gasteiger charge is -2.12. The third-order valence-corrected chi connectivity index (χ3v) is 3.60. The molecule has 0 saturated heterocycles. The number of hydrogen-bond donors (Lipinski definition) is 1. The molecule has 0 unspecified atom stereocenters. The van der Waals surface area contributed by atoms with Crippen molar-refractivity contribution in [3.63, 3.8) is 0 Å². The van der Waals surface area contributed by atoms with Crippen LogP contribution in [0.2, 0.25) is 0 Å². The Morgan fingerprint density at radius 3 is 2.83 bits per heavy atom. The van der Waals surface area contributed by atoms with Gasteiger partial charge in [0.25, 0.3) is 5.91 Å². The summed E-state index contributed by atoms with van der Waals surface area (Å²) in [4.78, 5) is 12.2. The molecule has 0 heterocycles. The topological polar surface area (TPSA) is 59.9 Å². The average Bonchev–Trinajstić information content (AvgIpc) is 2.56. The van der Waals surface area contributed by atoms with Gasteiger partial charge in [-0.15, -0.1) is 0 Å². The minimum absolute atomic E-state index is 0.346. The molecule has 0 saturated carbocycles. The minimum Gasteiger partial charge on any atom is -0.493 e. The summed E-state index contributed by atoms with van der Waals surface area (Å²) in [5.41, 5.74) is 3.28. The van der Waals surface area contributed by atoms with Gasteiger partial charge in [-0.3, -0.25) is 4.79 Å². The lowest BCUT2D eigenvalue weighted by molar-refractivity contribution is 0.0954. The zero-order chi connectivity index (χ0) is 17.5. The van der Waals surface area contributed by atoms with E-state index in [-0.39, 0.29) is 5.82 Å². The zero-order valence-corrected chi connectivity index (χ0v) is 14.8. The molecular weight excluding hydrogens is 379 g/mol. The molecule has 0 aliphatic carbocycles. The largest absolute Gasteiger partial charge is 0.493 e. The van der Waals surface area contributed by atoms with Crippen molar-refractivity contribution in [2.75, 3.05) is 13.7 Å². The van der Waals surface area contributed by atoms with E-state index in [0.717, 1.165) is 0 Å². The second kappa shape index (κ2) is 8.44. The summed E-state index contributed by atoms with van der Waals surface area (Å²) in [5.74, 6) is 0.167. The van der Waals surface area contributed by atoms with Crippen molar-refractivity contribution in [2.45, 2.75) is 6.92 Å².